The van der Waals surface area contributed by atoms with E-state index in [1.807, 2.05) is 30.3 Å². The highest BCUT2D eigenvalue weighted by Crippen LogP contribution is 2.41. The topological polar surface area (TPSA) is 172 Å². The third-order valence-electron chi connectivity index (χ3n) is 12.2. The Morgan fingerprint density at radius 1 is 1.04 bits per heavy atom. The summed E-state index contributed by atoms with van der Waals surface area (Å²) in [4.78, 5) is 60.1. The van der Waals surface area contributed by atoms with Crippen molar-refractivity contribution in [2.75, 3.05) is 37.0 Å². The predicted octanol–water partition coefficient (Wildman–Crippen LogP) is 3.89. The summed E-state index contributed by atoms with van der Waals surface area (Å²) in [5.41, 5.74) is 4.24. The number of carbonyl (C=O) groups excluding carboxylic acids is 3. The van der Waals surface area contributed by atoms with Crippen LogP contribution in [-0.4, -0.2) is 85.3 Å². The van der Waals surface area contributed by atoms with Crippen LogP contribution >= 0.6 is 0 Å². The molecule has 1 aliphatic carbocycles. The second-order valence-electron chi connectivity index (χ2n) is 15.4. The van der Waals surface area contributed by atoms with Crippen LogP contribution in [0.5, 0.6) is 5.75 Å². The van der Waals surface area contributed by atoms with E-state index in [1.165, 1.54) is 24.9 Å². The summed E-state index contributed by atoms with van der Waals surface area (Å²) in [7, 11) is 3.33. The second-order valence-corrected chi connectivity index (χ2v) is 15.4. The number of nitriles is 1. The smallest absolute Gasteiger partial charge is 0.329 e. The van der Waals surface area contributed by atoms with Gasteiger partial charge in [-0.25, -0.2) is 4.79 Å². The minimum absolute atomic E-state index is 0.215. The molecule has 1 saturated carbocycles. The van der Waals surface area contributed by atoms with Crippen molar-refractivity contribution in [2.24, 2.45) is 13.0 Å². The molecule has 4 aliphatic heterocycles. The normalized spacial score (nSPS) is 24.0. The Bertz CT molecular complexity index is 2460. The number of amides is 3. The van der Waals surface area contributed by atoms with Crippen LogP contribution in [0.2, 0.25) is 0 Å². The lowest BCUT2D eigenvalue weighted by Gasteiger charge is -2.58. The van der Waals surface area contributed by atoms with Crippen LogP contribution in [0.15, 0.2) is 59.8 Å². The molecular weight excluding hydrogens is 701 g/mol. The quantitative estimate of drug-likeness (QED) is 0.222. The number of hydrogen-bond donors (Lipinski definition) is 2. The number of piperazine rings is 1. The molecule has 10 rings (SSSR count). The Morgan fingerprint density at radius 2 is 1.84 bits per heavy atom. The van der Waals surface area contributed by atoms with Crippen molar-refractivity contribution < 1.29 is 19.1 Å². The van der Waals surface area contributed by atoms with Gasteiger partial charge >= 0.3 is 5.69 Å². The Kier molecular flexibility index (Phi) is 8.64. The van der Waals surface area contributed by atoms with Crippen molar-refractivity contribution in [1.29, 1.82) is 5.26 Å². The summed E-state index contributed by atoms with van der Waals surface area (Å²) in [5.74, 6) is 0.0195. The maximum atomic E-state index is 13.5. The molecule has 3 aromatic heterocycles. The molecule has 0 radical (unpaired) electrons. The van der Waals surface area contributed by atoms with E-state index in [2.05, 4.69) is 42.4 Å². The number of nitrogens with zero attached hydrogens (tertiary/aromatic N) is 8. The third kappa shape index (κ3) is 6.10. The molecule has 5 fully saturated rings. The van der Waals surface area contributed by atoms with Gasteiger partial charge in [0.05, 0.1) is 52.2 Å². The van der Waals surface area contributed by atoms with Gasteiger partial charge in [0, 0.05) is 75.2 Å². The van der Waals surface area contributed by atoms with Crippen molar-refractivity contribution >= 4 is 51.0 Å². The van der Waals surface area contributed by atoms with Gasteiger partial charge in [-0.3, -0.25) is 43.4 Å². The molecular formula is C40H42N10O5. The molecule has 15 nitrogen and oxygen atoms in total. The highest BCUT2D eigenvalue weighted by molar-refractivity contribution is 6.06. The van der Waals surface area contributed by atoms with Crippen LogP contribution in [0, 0.1) is 17.2 Å². The number of aryl methyl sites for hydroxylation is 1. The van der Waals surface area contributed by atoms with Crippen LogP contribution in [0.3, 0.4) is 0 Å². The first-order chi connectivity index (χ1) is 26.7. The third-order valence-corrected chi connectivity index (χ3v) is 12.2. The highest BCUT2D eigenvalue weighted by Gasteiger charge is 2.46. The SMILES string of the molecule is COc1cc2nn(C3CCC(CN4C5CC4CN(c4cccc6c4n(C)c(=O)n6C4CCC(=O)NC4=O)C5)CC3)cc2cc1NC(=O)c1cncc(C#N)c1. The zero-order valence-corrected chi connectivity index (χ0v) is 30.8. The molecule has 282 valence electrons. The van der Waals surface area contributed by atoms with Crippen molar-refractivity contribution in [1.82, 2.24) is 34.1 Å². The number of hydrogen-bond acceptors (Lipinski definition) is 10. The largest absolute Gasteiger partial charge is 0.494 e. The van der Waals surface area contributed by atoms with E-state index in [1.54, 1.807) is 23.3 Å². The van der Waals surface area contributed by atoms with Gasteiger partial charge in [-0.2, -0.15) is 10.4 Å². The Labute approximate surface area is 316 Å². The minimum Gasteiger partial charge on any atom is -0.494 e. The first-order valence-electron chi connectivity index (χ1n) is 19.0. The van der Waals surface area contributed by atoms with E-state index in [0.29, 0.717) is 47.5 Å². The average molecular weight is 743 g/mol. The summed E-state index contributed by atoms with van der Waals surface area (Å²) in [6, 6.07) is 13.7. The molecule has 3 unspecified atom stereocenters. The summed E-state index contributed by atoms with van der Waals surface area (Å²) >= 11 is 0. The second kappa shape index (κ2) is 13.7. The summed E-state index contributed by atoms with van der Waals surface area (Å²) in [6.45, 7) is 2.86. The number of aromatic nitrogens is 5. The average Bonchev–Trinajstić information content (AvgIpc) is 3.73. The van der Waals surface area contributed by atoms with Crippen LogP contribution in [0.1, 0.15) is 73.0 Å². The van der Waals surface area contributed by atoms with Gasteiger partial charge in [0.1, 0.15) is 17.9 Å². The van der Waals surface area contributed by atoms with E-state index >= 15 is 0 Å². The number of benzene rings is 2. The van der Waals surface area contributed by atoms with Gasteiger partial charge in [-0.15, -0.1) is 0 Å². The fourth-order valence-corrected chi connectivity index (χ4v) is 9.32. The summed E-state index contributed by atoms with van der Waals surface area (Å²) in [6.07, 6.45) is 10.9. The van der Waals surface area contributed by atoms with Crippen LogP contribution in [-0.2, 0) is 16.6 Å². The fraction of sp³-hybridized carbons (Fsp3) is 0.425. The molecule has 0 spiro atoms. The van der Waals surface area contributed by atoms with Gasteiger partial charge in [0.15, 0.2) is 0 Å². The number of pyridine rings is 1. The van der Waals surface area contributed by atoms with Gasteiger partial charge in [-0.1, -0.05) is 6.07 Å². The first-order valence-corrected chi connectivity index (χ1v) is 19.0. The molecule has 3 atom stereocenters. The number of fused-ring (bicyclic) bond motifs is 4. The van der Waals surface area contributed by atoms with Gasteiger partial charge in [0.25, 0.3) is 5.91 Å². The number of para-hydroxylation sites is 1. The number of imidazole rings is 1. The van der Waals surface area contributed by atoms with Crippen molar-refractivity contribution in [3.63, 3.8) is 0 Å². The van der Waals surface area contributed by atoms with E-state index in [-0.39, 0.29) is 29.5 Å². The number of nitrogens with one attached hydrogen (secondary N) is 2. The molecule has 5 aromatic rings. The Morgan fingerprint density at radius 3 is 2.58 bits per heavy atom. The number of imide groups is 1. The van der Waals surface area contributed by atoms with Gasteiger partial charge < -0.3 is 15.0 Å². The molecule has 4 saturated heterocycles. The van der Waals surface area contributed by atoms with Crippen molar-refractivity contribution in [2.45, 2.75) is 69.1 Å². The maximum absolute atomic E-state index is 13.5. The van der Waals surface area contributed by atoms with E-state index in [0.717, 1.165) is 72.9 Å². The number of carbonyl (C=O) groups is 3. The lowest BCUT2D eigenvalue weighted by Crippen LogP contribution is -2.69. The van der Waals surface area contributed by atoms with E-state index < -0.39 is 11.9 Å². The Balaban J connectivity index is 0.835. The molecule has 3 amide bonds. The number of piperidine rings is 2. The summed E-state index contributed by atoms with van der Waals surface area (Å²) in [5, 5.41) is 20.3. The van der Waals surface area contributed by atoms with E-state index in [9.17, 15) is 24.4 Å². The molecule has 15 heteroatoms. The van der Waals surface area contributed by atoms with Gasteiger partial charge in [-0.05, 0) is 68.7 Å². The zero-order chi connectivity index (χ0) is 38.0. The molecule has 55 heavy (non-hydrogen) atoms. The fourth-order valence-electron chi connectivity index (χ4n) is 9.32. The molecule has 5 aliphatic rings. The lowest BCUT2D eigenvalue weighted by molar-refractivity contribution is -0.135. The Hall–Kier alpha value is -6.01. The van der Waals surface area contributed by atoms with E-state index in [4.69, 9.17) is 9.84 Å². The van der Waals surface area contributed by atoms with Crippen LogP contribution in [0.25, 0.3) is 21.9 Å². The minimum atomic E-state index is -0.702. The van der Waals surface area contributed by atoms with Gasteiger partial charge in [0.2, 0.25) is 11.8 Å². The van der Waals surface area contributed by atoms with Crippen molar-refractivity contribution in [3.05, 3.63) is 76.6 Å². The number of rotatable bonds is 8. The van der Waals surface area contributed by atoms with Crippen LogP contribution < -0.4 is 26.0 Å². The maximum Gasteiger partial charge on any atom is 0.329 e. The monoisotopic (exact) mass is 742 g/mol. The number of anilines is 2. The number of ether oxygens (including phenoxy) is 1. The predicted molar refractivity (Wildman–Crippen MR) is 204 cm³/mol. The molecule has 2 aromatic carbocycles. The molecule has 2 N–H and O–H groups in total. The summed E-state index contributed by atoms with van der Waals surface area (Å²) < 4.78 is 10.9. The van der Waals surface area contributed by atoms with Crippen LogP contribution in [0.4, 0.5) is 11.4 Å². The number of methoxy groups -OCH3 is 1. The molecule has 7 heterocycles. The highest BCUT2D eigenvalue weighted by atomic mass is 16.5. The standard InChI is InChI=1S/C40H42N10O5/c1-46-37-32(4-3-5-33(37)50(40(46)54)34-10-11-36(51)44-39(34)53)47-21-28-14-29(22-47)48(28)19-23-6-8-27(9-7-23)49-20-26-13-31(35(55-2)15-30(26)45-49)43-38(52)25-12-24(16-41)17-42-18-25/h3-5,12-13,15,17-18,20,23,27-29,34H,6-11,14,19,21-22H2,1-2H3,(H,43,52)(H,44,51,53). The lowest BCUT2D eigenvalue weighted by atomic mass is 9.81. The first kappa shape index (κ1) is 34.7. The molecule has 2 bridgehead atoms. The zero-order valence-electron chi connectivity index (χ0n) is 30.8. The van der Waals surface area contributed by atoms with Crippen molar-refractivity contribution in [3.8, 4) is 11.8 Å².